The number of nitrogens with one attached hydrogen (secondary N) is 1. The van der Waals surface area contributed by atoms with Gasteiger partial charge in [0.25, 0.3) is 10.0 Å². The molecule has 0 spiro atoms. The van der Waals surface area contributed by atoms with Gasteiger partial charge in [-0.25, -0.2) is 17.9 Å². The molecule has 0 aromatic heterocycles. The lowest BCUT2D eigenvalue weighted by Gasteiger charge is -2.06. The van der Waals surface area contributed by atoms with Gasteiger partial charge in [-0.3, -0.25) is 4.79 Å². The van der Waals surface area contributed by atoms with E-state index in [1.807, 2.05) is 0 Å². The third kappa shape index (κ3) is 3.56. The molecule has 0 aliphatic rings. The molecule has 0 saturated heterocycles. The van der Waals surface area contributed by atoms with Crippen LogP contribution < -0.4 is 4.72 Å². The fraction of sp³-hybridized carbons (Fsp3) is 0.273. The van der Waals surface area contributed by atoms with Crippen molar-refractivity contribution < 1.29 is 22.7 Å². The van der Waals surface area contributed by atoms with Crippen molar-refractivity contribution in [2.45, 2.75) is 18.7 Å². The average Bonchev–Trinajstić information content (AvgIpc) is 2.28. The van der Waals surface area contributed by atoms with Crippen molar-refractivity contribution in [3.8, 4) is 0 Å². The van der Waals surface area contributed by atoms with Gasteiger partial charge >= 0.3 is 6.09 Å². The van der Waals surface area contributed by atoms with Gasteiger partial charge in [0, 0.05) is 5.56 Å². The number of ether oxygens (including phenoxy) is 1. The lowest BCUT2D eigenvalue weighted by molar-refractivity contribution is 0.101. The van der Waals surface area contributed by atoms with E-state index in [4.69, 9.17) is 0 Å². The third-order valence-corrected chi connectivity index (χ3v) is 3.39. The number of hydrogen-bond acceptors (Lipinski definition) is 5. The van der Waals surface area contributed by atoms with Crippen molar-refractivity contribution in [3.05, 3.63) is 29.8 Å². The quantitative estimate of drug-likeness (QED) is 0.834. The molecule has 98 valence electrons. The van der Waals surface area contributed by atoms with Gasteiger partial charge in [-0.1, -0.05) is 12.1 Å². The number of hydrogen-bond donors (Lipinski definition) is 1. The van der Waals surface area contributed by atoms with E-state index in [-0.39, 0.29) is 17.3 Å². The summed E-state index contributed by atoms with van der Waals surface area (Å²) in [6, 6.07) is 5.25. The maximum absolute atomic E-state index is 11.7. The number of benzene rings is 1. The third-order valence-electron chi connectivity index (χ3n) is 2.06. The molecule has 1 N–H and O–H groups in total. The summed E-state index contributed by atoms with van der Waals surface area (Å²) in [6.07, 6.45) is -1.03. The van der Waals surface area contributed by atoms with Crippen LogP contribution in [0.2, 0.25) is 0 Å². The minimum atomic E-state index is -3.96. The average molecular weight is 271 g/mol. The van der Waals surface area contributed by atoms with Crippen LogP contribution in [0.3, 0.4) is 0 Å². The molecule has 0 aliphatic heterocycles. The van der Waals surface area contributed by atoms with Crippen molar-refractivity contribution in [3.63, 3.8) is 0 Å². The minimum absolute atomic E-state index is 0.0740. The van der Waals surface area contributed by atoms with Crippen LogP contribution in [-0.4, -0.2) is 26.9 Å². The molecule has 0 atom stereocenters. The highest BCUT2D eigenvalue weighted by atomic mass is 32.2. The van der Waals surface area contributed by atoms with E-state index >= 15 is 0 Å². The molecule has 1 rings (SSSR count). The second kappa shape index (κ2) is 5.63. The van der Waals surface area contributed by atoms with Crippen LogP contribution in [0, 0.1) is 0 Å². The minimum Gasteiger partial charge on any atom is -0.449 e. The summed E-state index contributed by atoms with van der Waals surface area (Å²) < 4.78 is 29.6. The number of carbonyl (C=O) groups is 2. The van der Waals surface area contributed by atoms with Crippen LogP contribution in [0.4, 0.5) is 4.79 Å². The number of carbonyl (C=O) groups excluding carboxylic acids is 2. The van der Waals surface area contributed by atoms with Gasteiger partial charge in [0.05, 0.1) is 11.5 Å². The van der Waals surface area contributed by atoms with Crippen molar-refractivity contribution in [2.75, 3.05) is 6.61 Å². The molecule has 1 amide bonds. The van der Waals surface area contributed by atoms with Gasteiger partial charge in [-0.05, 0) is 26.0 Å². The van der Waals surface area contributed by atoms with Crippen LogP contribution in [0.5, 0.6) is 0 Å². The number of Topliss-reactive ketones (excluding diaryl/α,β-unsaturated/α-hetero) is 1. The van der Waals surface area contributed by atoms with Crippen molar-refractivity contribution in [1.82, 2.24) is 4.72 Å². The maximum Gasteiger partial charge on any atom is 0.421 e. The number of amides is 1. The molecule has 0 radical (unpaired) electrons. The Morgan fingerprint density at radius 3 is 2.22 bits per heavy atom. The standard InChI is InChI=1S/C11H13NO5S/c1-3-17-11(14)12-18(15,16)10-6-4-9(5-7-10)8(2)13/h4-7H,3H2,1-2H3,(H,12,14). The first-order valence-electron chi connectivity index (χ1n) is 5.17. The summed E-state index contributed by atoms with van der Waals surface area (Å²) in [5.41, 5.74) is 0.394. The van der Waals surface area contributed by atoms with Crippen LogP contribution in [0.15, 0.2) is 29.2 Å². The second-order valence-corrected chi connectivity index (χ2v) is 5.09. The van der Waals surface area contributed by atoms with E-state index in [9.17, 15) is 18.0 Å². The zero-order chi connectivity index (χ0) is 13.8. The van der Waals surface area contributed by atoms with Gasteiger partial charge in [-0.2, -0.15) is 0 Å². The Kier molecular flexibility index (Phi) is 4.43. The zero-order valence-corrected chi connectivity index (χ0v) is 10.8. The van der Waals surface area contributed by atoms with Gasteiger partial charge in [0.15, 0.2) is 5.78 Å². The van der Waals surface area contributed by atoms with E-state index in [0.29, 0.717) is 5.56 Å². The Morgan fingerprint density at radius 2 is 1.78 bits per heavy atom. The van der Waals surface area contributed by atoms with Crippen molar-refractivity contribution in [1.29, 1.82) is 0 Å². The topological polar surface area (TPSA) is 89.5 Å². The molecule has 0 unspecified atom stereocenters. The van der Waals surface area contributed by atoms with Crippen molar-refractivity contribution >= 4 is 21.9 Å². The highest BCUT2D eigenvalue weighted by molar-refractivity contribution is 7.90. The van der Waals surface area contributed by atoms with E-state index < -0.39 is 16.1 Å². The SMILES string of the molecule is CCOC(=O)NS(=O)(=O)c1ccc(C(C)=O)cc1. The van der Waals surface area contributed by atoms with Crippen LogP contribution >= 0.6 is 0 Å². The Morgan fingerprint density at radius 1 is 1.22 bits per heavy atom. The summed E-state index contributed by atoms with van der Waals surface area (Å²) in [5.74, 6) is -0.169. The Bertz CT molecular complexity index is 547. The first kappa shape index (κ1) is 14.2. The van der Waals surface area contributed by atoms with E-state index in [1.54, 1.807) is 11.6 Å². The Hall–Kier alpha value is -1.89. The number of sulfonamides is 1. The molecular weight excluding hydrogens is 258 g/mol. The van der Waals surface area contributed by atoms with E-state index in [2.05, 4.69) is 4.74 Å². The molecular formula is C11H13NO5S. The second-order valence-electron chi connectivity index (χ2n) is 3.41. The fourth-order valence-electron chi connectivity index (χ4n) is 1.20. The molecule has 18 heavy (non-hydrogen) atoms. The molecule has 0 aliphatic carbocycles. The monoisotopic (exact) mass is 271 g/mol. The highest BCUT2D eigenvalue weighted by Crippen LogP contribution is 2.11. The molecule has 6 nitrogen and oxygen atoms in total. The van der Waals surface area contributed by atoms with Crippen LogP contribution in [-0.2, 0) is 14.8 Å². The number of rotatable bonds is 4. The Labute approximate surface area is 105 Å². The first-order chi connectivity index (χ1) is 8.36. The van der Waals surface area contributed by atoms with Gasteiger partial charge < -0.3 is 4.74 Å². The normalized spacial score (nSPS) is 10.8. The first-order valence-corrected chi connectivity index (χ1v) is 6.65. The zero-order valence-electron chi connectivity index (χ0n) is 9.97. The summed E-state index contributed by atoms with van der Waals surface area (Å²) >= 11 is 0. The van der Waals surface area contributed by atoms with E-state index in [1.165, 1.54) is 31.2 Å². The predicted octanol–water partition coefficient (Wildman–Crippen LogP) is 1.32. The van der Waals surface area contributed by atoms with E-state index in [0.717, 1.165) is 0 Å². The van der Waals surface area contributed by atoms with Gasteiger partial charge in [0.1, 0.15) is 0 Å². The lowest BCUT2D eigenvalue weighted by Crippen LogP contribution is -2.31. The summed E-state index contributed by atoms with van der Waals surface area (Å²) in [5, 5.41) is 0. The Balaban J connectivity index is 2.92. The maximum atomic E-state index is 11.7. The molecule has 1 aromatic carbocycles. The summed E-state index contributed by atoms with van der Waals surface area (Å²) in [6.45, 7) is 3.01. The molecule has 0 heterocycles. The molecule has 1 aromatic rings. The van der Waals surface area contributed by atoms with Gasteiger partial charge in [-0.15, -0.1) is 0 Å². The summed E-state index contributed by atoms with van der Waals surface area (Å²) in [7, 11) is -3.96. The molecule has 0 saturated carbocycles. The van der Waals surface area contributed by atoms with Crippen LogP contribution in [0.25, 0.3) is 0 Å². The highest BCUT2D eigenvalue weighted by Gasteiger charge is 2.18. The van der Waals surface area contributed by atoms with Crippen molar-refractivity contribution in [2.24, 2.45) is 0 Å². The lowest BCUT2D eigenvalue weighted by atomic mass is 10.2. The molecule has 7 heteroatoms. The largest absolute Gasteiger partial charge is 0.449 e. The number of ketones is 1. The predicted molar refractivity (Wildman–Crippen MR) is 63.8 cm³/mol. The van der Waals surface area contributed by atoms with Crippen LogP contribution in [0.1, 0.15) is 24.2 Å². The fourth-order valence-corrected chi connectivity index (χ4v) is 2.09. The summed E-state index contributed by atoms with van der Waals surface area (Å²) in [4.78, 5) is 22.0. The van der Waals surface area contributed by atoms with Gasteiger partial charge in [0.2, 0.25) is 0 Å². The smallest absolute Gasteiger partial charge is 0.421 e. The molecule has 0 fully saturated rings. The molecule has 0 bridgehead atoms.